The van der Waals surface area contributed by atoms with Crippen molar-refractivity contribution < 1.29 is 24.2 Å². The Bertz CT molecular complexity index is 444. The lowest BCUT2D eigenvalue weighted by Crippen LogP contribution is -2.34. The average molecular weight is 257 g/mol. The quantitative estimate of drug-likeness (QED) is 0.713. The van der Waals surface area contributed by atoms with E-state index in [4.69, 9.17) is 15.9 Å². The van der Waals surface area contributed by atoms with Crippen molar-refractivity contribution in [1.29, 1.82) is 0 Å². The van der Waals surface area contributed by atoms with E-state index in [1.807, 2.05) is 0 Å². The summed E-state index contributed by atoms with van der Waals surface area (Å²) in [5.41, 5.74) is 4.58. The van der Waals surface area contributed by atoms with Crippen LogP contribution < -0.4 is 11.4 Å². The van der Waals surface area contributed by atoms with Gasteiger partial charge in [-0.15, -0.1) is 0 Å². The lowest BCUT2D eigenvalue weighted by atomic mass is 10.1. The summed E-state index contributed by atoms with van der Waals surface area (Å²) in [7, 11) is 0. The van der Waals surface area contributed by atoms with Gasteiger partial charge in [-0.1, -0.05) is 13.8 Å². The van der Waals surface area contributed by atoms with Crippen LogP contribution in [-0.4, -0.2) is 28.2 Å². The van der Waals surface area contributed by atoms with Gasteiger partial charge in [-0.3, -0.25) is 4.79 Å². The smallest absolute Gasteiger partial charge is 0.338 e. The molecule has 0 saturated heterocycles. The van der Waals surface area contributed by atoms with Gasteiger partial charge in [0.2, 0.25) is 0 Å². The molecule has 7 heteroatoms. The number of carbonyl (C=O) groups is 2. The third-order valence-electron chi connectivity index (χ3n) is 1.95. The van der Waals surface area contributed by atoms with Gasteiger partial charge in [0, 0.05) is 6.07 Å². The van der Waals surface area contributed by atoms with Crippen LogP contribution >= 0.6 is 0 Å². The summed E-state index contributed by atoms with van der Waals surface area (Å²) in [6.07, 6.45) is 0.907. The molecule has 0 radical (unpaired) electrons. The highest BCUT2D eigenvalue weighted by molar-refractivity contribution is 5.86. The highest BCUT2D eigenvalue weighted by atomic mass is 16.4. The Morgan fingerprint density at radius 3 is 2.06 bits per heavy atom. The van der Waals surface area contributed by atoms with Gasteiger partial charge in [0.25, 0.3) is 0 Å². The van der Waals surface area contributed by atoms with Crippen molar-refractivity contribution in [3.05, 3.63) is 34.4 Å². The SMILES string of the molecule is CC(C)[C@H](N)C(=O)O.O=C(O)c1ccc(=O)oc1. The monoisotopic (exact) mass is 257 g/mol. The minimum atomic E-state index is -1.11. The first-order chi connectivity index (χ1) is 8.25. The lowest BCUT2D eigenvalue weighted by molar-refractivity contribution is -0.139. The summed E-state index contributed by atoms with van der Waals surface area (Å²) in [6, 6.07) is 1.53. The fourth-order valence-electron chi connectivity index (χ4n) is 0.765. The van der Waals surface area contributed by atoms with Gasteiger partial charge in [0.05, 0.1) is 5.56 Å². The van der Waals surface area contributed by atoms with Gasteiger partial charge in [0.1, 0.15) is 12.3 Å². The molecule has 0 unspecified atom stereocenters. The summed E-state index contributed by atoms with van der Waals surface area (Å²) in [5, 5.41) is 16.5. The Kier molecular flexibility index (Phi) is 6.37. The van der Waals surface area contributed by atoms with E-state index < -0.39 is 23.6 Å². The standard InChI is InChI=1S/C6H4O4.C5H11NO2/c7-5-2-1-4(3-10-5)6(8)9;1-3(2)4(6)5(7)8/h1-3H,(H,8,9);3-4H,6H2,1-2H3,(H,7,8)/t;4-/m.0/s1. The molecule has 0 bridgehead atoms. The number of carboxylic acids is 2. The van der Waals surface area contributed by atoms with E-state index in [1.165, 1.54) is 6.07 Å². The van der Waals surface area contributed by atoms with E-state index in [2.05, 4.69) is 4.42 Å². The van der Waals surface area contributed by atoms with E-state index >= 15 is 0 Å². The Morgan fingerprint density at radius 2 is 1.83 bits per heavy atom. The second kappa shape index (κ2) is 7.23. The van der Waals surface area contributed by atoms with Crippen molar-refractivity contribution in [2.75, 3.05) is 0 Å². The van der Waals surface area contributed by atoms with Crippen molar-refractivity contribution in [1.82, 2.24) is 0 Å². The lowest BCUT2D eigenvalue weighted by Gasteiger charge is -2.07. The zero-order valence-electron chi connectivity index (χ0n) is 9.99. The van der Waals surface area contributed by atoms with Crippen molar-refractivity contribution in [3.8, 4) is 0 Å². The zero-order chi connectivity index (χ0) is 14.3. The molecule has 18 heavy (non-hydrogen) atoms. The van der Waals surface area contributed by atoms with Crippen LogP contribution in [0.3, 0.4) is 0 Å². The molecule has 7 nitrogen and oxygen atoms in total. The molecule has 1 aromatic heterocycles. The molecule has 100 valence electrons. The third-order valence-corrected chi connectivity index (χ3v) is 1.95. The highest BCUT2D eigenvalue weighted by Gasteiger charge is 2.14. The van der Waals surface area contributed by atoms with Crippen LogP contribution in [-0.2, 0) is 4.79 Å². The van der Waals surface area contributed by atoms with Gasteiger partial charge in [-0.05, 0) is 12.0 Å². The predicted octanol–water partition coefficient (Wildman–Crippen LogP) is 0.392. The molecule has 1 atom stereocenters. The molecule has 0 amide bonds. The molecule has 0 aliphatic carbocycles. The molecule has 0 aromatic carbocycles. The molecule has 0 aliphatic heterocycles. The average Bonchev–Trinajstić information content (AvgIpc) is 2.29. The maximum absolute atomic E-state index is 10.3. The van der Waals surface area contributed by atoms with Crippen LogP contribution in [0.1, 0.15) is 24.2 Å². The van der Waals surface area contributed by atoms with Crippen LogP contribution in [0.5, 0.6) is 0 Å². The topological polar surface area (TPSA) is 131 Å². The van der Waals surface area contributed by atoms with E-state index in [9.17, 15) is 14.4 Å². The largest absolute Gasteiger partial charge is 0.480 e. The van der Waals surface area contributed by atoms with Crippen molar-refractivity contribution in [3.63, 3.8) is 0 Å². The molecule has 0 saturated carbocycles. The molecule has 4 N–H and O–H groups in total. The number of hydrogen-bond acceptors (Lipinski definition) is 5. The van der Waals surface area contributed by atoms with Gasteiger partial charge in [-0.2, -0.15) is 0 Å². The Hall–Kier alpha value is -2.15. The number of aliphatic carboxylic acids is 1. The number of carboxylic acid groups (broad SMARTS) is 2. The molecule has 0 aliphatic rings. The summed E-state index contributed by atoms with van der Waals surface area (Å²) in [4.78, 5) is 30.5. The van der Waals surface area contributed by atoms with Crippen LogP contribution in [0.2, 0.25) is 0 Å². The molecule has 0 fully saturated rings. The molecular weight excluding hydrogens is 242 g/mol. The minimum absolute atomic E-state index is 0.0208. The van der Waals surface area contributed by atoms with E-state index in [-0.39, 0.29) is 11.5 Å². The Balaban J connectivity index is 0.000000331. The fourth-order valence-corrected chi connectivity index (χ4v) is 0.765. The van der Waals surface area contributed by atoms with E-state index in [0.29, 0.717) is 0 Å². The maximum atomic E-state index is 10.3. The van der Waals surface area contributed by atoms with Crippen molar-refractivity contribution >= 4 is 11.9 Å². The third kappa shape index (κ3) is 5.80. The minimum Gasteiger partial charge on any atom is -0.480 e. The summed E-state index contributed by atoms with van der Waals surface area (Å²) >= 11 is 0. The normalized spacial score (nSPS) is 11.3. The van der Waals surface area contributed by atoms with Crippen molar-refractivity contribution in [2.45, 2.75) is 19.9 Å². The Morgan fingerprint density at radius 1 is 1.28 bits per heavy atom. The second-order valence-electron chi connectivity index (χ2n) is 3.76. The van der Waals surface area contributed by atoms with Crippen LogP contribution in [0.15, 0.2) is 27.6 Å². The first-order valence-electron chi connectivity index (χ1n) is 5.06. The molecule has 1 heterocycles. The van der Waals surface area contributed by atoms with Crippen molar-refractivity contribution in [2.24, 2.45) is 11.7 Å². The van der Waals surface area contributed by atoms with Gasteiger partial charge in [0.15, 0.2) is 0 Å². The van der Waals surface area contributed by atoms with Crippen LogP contribution in [0.25, 0.3) is 0 Å². The van der Waals surface area contributed by atoms with E-state index in [0.717, 1.165) is 12.3 Å². The Labute approximate surface area is 103 Å². The number of hydrogen-bond donors (Lipinski definition) is 3. The van der Waals surface area contributed by atoms with E-state index in [1.54, 1.807) is 13.8 Å². The number of aromatic carboxylic acids is 1. The highest BCUT2D eigenvalue weighted by Crippen LogP contribution is 1.96. The van der Waals surface area contributed by atoms with Gasteiger partial charge in [-0.25, -0.2) is 9.59 Å². The first-order valence-corrected chi connectivity index (χ1v) is 5.06. The van der Waals surface area contributed by atoms with Crippen LogP contribution in [0.4, 0.5) is 0 Å². The summed E-state index contributed by atoms with van der Waals surface area (Å²) in [5.74, 6) is -2.02. The molecule has 1 aromatic rings. The maximum Gasteiger partial charge on any atom is 0.338 e. The molecular formula is C11H15NO6. The second-order valence-corrected chi connectivity index (χ2v) is 3.76. The van der Waals surface area contributed by atoms with Crippen LogP contribution in [0, 0.1) is 5.92 Å². The summed E-state index contributed by atoms with van der Waals surface area (Å²) in [6.45, 7) is 3.55. The number of nitrogens with two attached hydrogens (primary N) is 1. The zero-order valence-corrected chi connectivity index (χ0v) is 9.99. The molecule has 1 rings (SSSR count). The predicted molar refractivity (Wildman–Crippen MR) is 62.4 cm³/mol. The number of rotatable bonds is 3. The van der Waals surface area contributed by atoms with Gasteiger partial charge < -0.3 is 20.4 Å². The summed E-state index contributed by atoms with van der Waals surface area (Å²) < 4.78 is 4.28. The molecule has 0 spiro atoms. The fraction of sp³-hybridized carbons (Fsp3) is 0.364. The van der Waals surface area contributed by atoms with Gasteiger partial charge >= 0.3 is 17.6 Å². The first kappa shape index (κ1) is 15.9.